The number of aryl methyl sites for hydroxylation is 4. The molecule has 1 aromatic carbocycles. The Hall–Kier alpha value is -1.69. The Morgan fingerprint density at radius 2 is 1.74 bits per heavy atom. The fourth-order valence-electron chi connectivity index (χ4n) is 3.79. The maximum Gasteiger partial charge on any atom is 0.105 e. The predicted octanol–water partition coefficient (Wildman–Crippen LogP) is 2.74. The molecule has 5 nitrogen and oxygen atoms in total. The van der Waals surface area contributed by atoms with Crippen LogP contribution >= 0.6 is 0 Å². The molecule has 0 amide bonds. The van der Waals surface area contributed by atoms with Gasteiger partial charge < -0.3 is 14.8 Å². The molecule has 1 aliphatic rings. The lowest BCUT2D eigenvalue weighted by Gasteiger charge is -2.32. The Bertz CT molecular complexity index is 728. The Morgan fingerprint density at radius 3 is 2.44 bits per heavy atom. The third-order valence-electron chi connectivity index (χ3n) is 5.78. The van der Waals surface area contributed by atoms with Crippen LogP contribution in [0.2, 0.25) is 0 Å². The zero-order valence-corrected chi connectivity index (χ0v) is 17.5. The summed E-state index contributed by atoms with van der Waals surface area (Å²) in [5.41, 5.74) is 5.73. The number of imidazole rings is 1. The molecule has 148 valence electrons. The van der Waals surface area contributed by atoms with Crippen LogP contribution in [0.1, 0.15) is 34.5 Å². The second-order valence-electron chi connectivity index (χ2n) is 7.98. The van der Waals surface area contributed by atoms with Crippen LogP contribution in [-0.2, 0) is 19.6 Å². The number of piperazine rings is 1. The van der Waals surface area contributed by atoms with Gasteiger partial charge in [-0.25, -0.2) is 4.98 Å². The third-order valence-corrected chi connectivity index (χ3v) is 5.78. The van der Waals surface area contributed by atoms with Crippen LogP contribution in [0.4, 0.5) is 0 Å². The number of nitrogens with zero attached hydrogens (tertiary/aromatic N) is 4. The molecule has 0 aliphatic carbocycles. The Balaban J connectivity index is 1.50. The van der Waals surface area contributed by atoms with Gasteiger partial charge in [0.15, 0.2) is 0 Å². The van der Waals surface area contributed by atoms with Gasteiger partial charge in [-0.3, -0.25) is 4.90 Å². The summed E-state index contributed by atoms with van der Waals surface area (Å²) >= 11 is 0. The van der Waals surface area contributed by atoms with Crippen LogP contribution in [0.3, 0.4) is 0 Å². The molecule has 0 spiro atoms. The van der Waals surface area contributed by atoms with Crippen LogP contribution in [0.25, 0.3) is 0 Å². The van der Waals surface area contributed by atoms with Crippen molar-refractivity contribution in [2.24, 2.45) is 0 Å². The average Bonchev–Trinajstić information content (AvgIpc) is 3.05. The number of nitrogens with one attached hydrogen (secondary N) is 1. The monoisotopic (exact) mass is 369 g/mol. The fraction of sp³-hybridized carbons (Fsp3) is 0.591. The van der Waals surface area contributed by atoms with Crippen LogP contribution in [0, 0.1) is 20.8 Å². The van der Waals surface area contributed by atoms with E-state index in [1.54, 1.807) is 0 Å². The van der Waals surface area contributed by atoms with Crippen molar-refractivity contribution in [3.63, 3.8) is 0 Å². The van der Waals surface area contributed by atoms with E-state index in [9.17, 15) is 0 Å². The molecule has 0 bridgehead atoms. The number of aromatic nitrogens is 2. The molecular weight excluding hydrogens is 334 g/mol. The maximum absolute atomic E-state index is 4.28. The van der Waals surface area contributed by atoms with Gasteiger partial charge in [0, 0.05) is 58.2 Å². The molecule has 0 atom stereocenters. The quantitative estimate of drug-likeness (QED) is 0.726. The molecule has 1 aliphatic heterocycles. The van der Waals surface area contributed by atoms with E-state index in [0.717, 1.165) is 38.4 Å². The van der Waals surface area contributed by atoms with Crippen molar-refractivity contribution in [2.45, 2.75) is 46.8 Å². The molecule has 5 heteroatoms. The van der Waals surface area contributed by atoms with E-state index in [1.165, 1.54) is 48.4 Å². The SMILES string of the molecule is Cc1cc(C)c(CN2CCN(C)CC2)cc1CNCCCn1ccnc1C. The van der Waals surface area contributed by atoms with Gasteiger partial charge in [-0.2, -0.15) is 0 Å². The molecule has 27 heavy (non-hydrogen) atoms. The molecule has 0 radical (unpaired) electrons. The highest BCUT2D eigenvalue weighted by Gasteiger charge is 2.15. The summed E-state index contributed by atoms with van der Waals surface area (Å²) in [6.07, 6.45) is 5.06. The number of benzene rings is 1. The van der Waals surface area contributed by atoms with E-state index in [4.69, 9.17) is 0 Å². The number of hydrogen-bond donors (Lipinski definition) is 1. The minimum Gasteiger partial charge on any atom is -0.335 e. The van der Waals surface area contributed by atoms with Gasteiger partial charge in [0.05, 0.1) is 0 Å². The molecule has 0 unspecified atom stereocenters. The van der Waals surface area contributed by atoms with Gasteiger partial charge in [-0.05, 0) is 63.0 Å². The predicted molar refractivity (Wildman–Crippen MR) is 112 cm³/mol. The van der Waals surface area contributed by atoms with Gasteiger partial charge in [0.2, 0.25) is 0 Å². The van der Waals surface area contributed by atoms with Crippen LogP contribution in [-0.4, -0.2) is 59.1 Å². The highest BCUT2D eigenvalue weighted by atomic mass is 15.2. The zero-order valence-electron chi connectivity index (χ0n) is 17.5. The molecule has 0 saturated carbocycles. The molecule has 1 N–H and O–H groups in total. The first-order chi connectivity index (χ1) is 13.0. The molecular formula is C22H35N5. The molecule has 3 rings (SSSR count). The highest BCUT2D eigenvalue weighted by Crippen LogP contribution is 2.18. The van der Waals surface area contributed by atoms with Crippen molar-refractivity contribution >= 4 is 0 Å². The van der Waals surface area contributed by atoms with Gasteiger partial charge in [-0.15, -0.1) is 0 Å². The van der Waals surface area contributed by atoms with E-state index in [0.29, 0.717) is 0 Å². The summed E-state index contributed by atoms with van der Waals surface area (Å²) in [7, 11) is 2.21. The first-order valence-electron chi connectivity index (χ1n) is 10.2. The van der Waals surface area contributed by atoms with Gasteiger partial charge >= 0.3 is 0 Å². The topological polar surface area (TPSA) is 36.3 Å². The molecule has 1 fully saturated rings. The standard InChI is InChI=1S/C22H35N5/c1-18-14-19(2)22(17-26-12-10-25(4)11-13-26)15-21(18)16-23-6-5-8-27-9-7-24-20(27)3/h7,9,14-15,23H,5-6,8,10-13,16-17H2,1-4H3. The number of rotatable bonds is 8. The maximum atomic E-state index is 4.28. The smallest absolute Gasteiger partial charge is 0.105 e. The van der Waals surface area contributed by atoms with Crippen LogP contribution in [0.5, 0.6) is 0 Å². The summed E-state index contributed by atoms with van der Waals surface area (Å²) in [5, 5.41) is 3.63. The highest BCUT2D eigenvalue weighted by molar-refractivity contribution is 5.37. The first-order valence-corrected chi connectivity index (χ1v) is 10.2. The summed E-state index contributed by atoms with van der Waals surface area (Å²) in [5.74, 6) is 1.10. The summed E-state index contributed by atoms with van der Waals surface area (Å²) < 4.78 is 2.22. The second kappa shape index (κ2) is 9.49. The number of likely N-dealkylation sites (N-methyl/N-ethyl adjacent to an activating group) is 1. The summed E-state index contributed by atoms with van der Waals surface area (Å²) in [6, 6.07) is 4.78. The van der Waals surface area contributed by atoms with Crippen molar-refractivity contribution in [3.05, 3.63) is 52.6 Å². The fourth-order valence-corrected chi connectivity index (χ4v) is 3.79. The van der Waals surface area contributed by atoms with E-state index in [2.05, 4.69) is 70.8 Å². The summed E-state index contributed by atoms with van der Waals surface area (Å²) in [6.45, 7) is 15.3. The minimum atomic E-state index is 0.949. The van der Waals surface area contributed by atoms with E-state index in [1.807, 2.05) is 6.20 Å². The lowest BCUT2D eigenvalue weighted by molar-refractivity contribution is 0.148. The van der Waals surface area contributed by atoms with Crippen molar-refractivity contribution in [1.29, 1.82) is 0 Å². The number of hydrogen-bond acceptors (Lipinski definition) is 4. The third kappa shape index (κ3) is 5.64. The first kappa shape index (κ1) is 20.1. The summed E-state index contributed by atoms with van der Waals surface area (Å²) in [4.78, 5) is 9.28. The molecule has 2 aromatic rings. The van der Waals surface area contributed by atoms with E-state index >= 15 is 0 Å². The Morgan fingerprint density at radius 1 is 1.00 bits per heavy atom. The Kier molecular flexibility index (Phi) is 7.05. The van der Waals surface area contributed by atoms with E-state index < -0.39 is 0 Å². The molecule has 2 heterocycles. The Labute approximate surface area is 164 Å². The van der Waals surface area contributed by atoms with Crippen LogP contribution < -0.4 is 5.32 Å². The van der Waals surface area contributed by atoms with Gasteiger partial charge in [0.25, 0.3) is 0 Å². The molecule has 1 aromatic heterocycles. The minimum absolute atomic E-state index is 0.949. The van der Waals surface area contributed by atoms with Crippen molar-refractivity contribution in [3.8, 4) is 0 Å². The lowest BCUT2D eigenvalue weighted by Crippen LogP contribution is -2.44. The zero-order chi connectivity index (χ0) is 19.2. The van der Waals surface area contributed by atoms with Gasteiger partial charge in [-0.1, -0.05) is 12.1 Å². The van der Waals surface area contributed by atoms with Crippen LogP contribution in [0.15, 0.2) is 24.5 Å². The van der Waals surface area contributed by atoms with E-state index in [-0.39, 0.29) is 0 Å². The second-order valence-corrected chi connectivity index (χ2v) is 7.98. The van der Waals surface area contributed by atoms with Crippen molar-refractivity contribution < 1.29 is 0 Å². The van der Waals surface area contributed by atoms with Crippen molar-refractivity contribution in [1.82, 2.24) is 24.7 Å². The molecule has 1 saturated heterocycles. The lowest BCUT2D eigenvalue weighted by atomic mass is 9.99. The van der Waals surface area contributed by atoms with Gasteiger partial charge in [0.1, 0.15) is 5.82 Å². The largest absolute Gasteiger partial charge is 0.335 e. The normalized spacial score (nSPS) is 16.1. The van der Waals surface area contributed by atoms with Crippen molar-refractivity contribution in [2.75, 3.05) is 39.8 Å². The average molecular weight is 370 g/mol.